The minimum atomic E-state index is 0.530. The van der Waals surface area contributed by atoms with Crippen LogP contribution < -0.4 is 16.0 Å². The molecule has 2 aromatic rings. The van der Waals surface area contributed by atoms with Gasteiger partial charge in [-0.15, -0.1) is 0 Å². The van der Waals surface area contributed by atoms with E-state index in [9.17, 15) is 0 Å². The Morgan fingerprint density at radius 3 is 2.82 bits per heavy atom. The molecule has 1 aromatic carbocycles. The zero-order valence-electron chi connectivity index (χ0n) is 9.88. The second-order valence-electron chi connectivity index (χ2n) is 3.90. The van der Waals surface area contributed by atoms with E-state index in [1.54, 1.807) is 6.20 Å². The predicted molar refractivity (Wildman–Crippen MR) is 70.5 cm³/mol. The Bertz CT molecular complexity index is 510. The molecular weight excluding hydrogens is 214 g/mol. The number of nitrogens with two attached hydrogens (primary N) is 1. The number of hydrogen-bond donors (Lipinski definition) is 2. The molecule has 0 saturated heterocycles. The van der Waals surface area contributed by atoms with Gasteiger partial charge in [-0.3, -0.25) is 0 Å². The largest absolute Gasteiger partial charge is 0.394 e. The van der Waals surface area contributed by atoms with Gasteiger partial charge in [0.05, 0.1) is 11.9 Å². The van der Waals surface area contributed by atoms with Crippen LogP contribution in [0.2, 0.25) is 0 Å². The lowest BCUT2D eigenvalue weighted by molar-refractivity contribution is 1.13. The lowest BCUT2D eigenvalue weighted by Crippen LogP contribution is -2.08. The summed E-state index contributed by atoms with van der Waals surface area (Å²) in [5, 5.41) is 3.16. The molecule has 1 heterocycles. The Morgan fingerprint density at radius 1 is 1.29 bits per heavy atom. The summed E-state index contributed by atoms with van der Waals surface area (Å²) in [6.07, 6.45) is 3.04. The van der Waals surface area contributed by atoms with E-state index in [0.717, 1.165) is 11.4 Å². The van der Waals surface area contributed by atoms with Gasteiger partial charge in [0.25, 0.3) is 0 Å². The topological polar surface area (TPSA) is 67.1 Å². The molecule has 88 valence electrons. The highest BCUT2D eigenvalue weighted by Crippen LogP contribution is 2.22. The third kappa shape index (κ3) is 2.63. The molecule has 0 atom stereocenters. The van der Waals surface area contributed by atoms with Crippen molar-refractivity contribution in [3.63, 3.8) is 0 Å². The molecule has 0 aliphatic carbocycles. The van der Waals surface area contributed by atoms with Gasteiger partial charge in [-0.25, -0.2) is 9.97 Å². The summed E-state index contributed by atoms with van der Waals surface area (Å²) in [5.41, 5.74) is 8.36. The molecule has 0 saturated carbocycles. The molecule has 0 radical (unpaired) electrons. The van der Waals surface area contributed by atoms with Gasteiger partial charge in [0.1, 0.15) is 6.33 Å². The number of aromatic nitrogens is 2. The first kappa shape index (κ1) is 11.2. The Labute approximate surface area is 100 Å². The average molecular weight is 229 g/mol. The molecule has 0 bridgehead atoms. The van der Waals surface area contributed by atoms with Gasteiger partial charge in [0, 0.05) is 25.5 Å². The van der Waals surface area contributed by atoms with Gasteiger partial charge in [-0.2, -0.15) is 0 Å². The minimum absolute atomic E-state index is 0.530. The molecule has 0 unspecified atom stereocenters. The third-order valence-electron chi connectivity index (χ3n) is 2.37. The van der Waals surface area contributed by atoms with E-state index in [4.69, 9.17) is 5.73 Å². The zero-order chi connectivity index (χ0) is 12.3. The maximum Gasteiger partial charge on any atom is 0.157 e. The molecule has 1 aromatic heterocycles. The maximum absolute atomic E-state index is 5.77. The number of rotatable bonds is 3. The molecule has 17 heavy (non-hydrogen) atoms. The summed E-state index contributed by atoms with van der Waals surface area (Å²) in [4.78, 5) is 9.97. The van der Waals surface area contributed by atoms with Crippen molar-refractivity contribution in [1.29, 1.82) is 0 Å². The number of nitrogen functional groups attached to an aromatic ring is 1. The molecular formula is C12H15N5. The van der Waals surface area contributed by atoms with Crippen LogP contribution in [-0.4, -0.2) is 24.1 Å². The summed E-state index contributed by atoms with van der Waals surface area (Å²) in [6.45, 7) is 0. The van der Waals surface area contributed by atoms with E-state index in [2.05, 4.69) is 15.3 Å². The van der Waals surface area contributed by atoms with E-state index in [1.165, 1.54) is 6.33 Å². The number of nitrogens with zero attached hydrogens (tertiary/aromatic N) is 3. The van der Waals surface area contributed by atoms with Gasteiger partial charge < -0.3 is 16.0 Å². The van der Waals surface area contributed by atoms with Crippen LogP contribution in [0.1, 0.15) is 0 Å². The van der Waals surface area contributed by atoms with Crippen molar-refractivity contribution in [1.82, 2.24) is 9.97 Å². The molecule has 0 aliphatic rings. The van der Waals surface area contributed by atoms with Crippen LogP contribution in [0.25, 0.3) is 0 Å². The van der Waals surface area contributed by atoms with Crippen LogP contribution >= 0.6 is 0 Å². The summed E-state index contributed by atoms with van der Waals surface area (Å²) in [7, 11) is 4.00. The first-order valence-corrected chi connectivity index (χ1v) is 5.26. The monoisotopic (exact) mass is 229 g/mol. The molecule has 0 amide bonds. The van der Waals surface area contributed by atoms with Crippen molar-refractivity contribution in [2.45, 2.75) is 0 Å². The Hall–Kier alpha value is -2.30. The van der Waals surface area contributed by atoms with E-state index in [0.29, 0.717) is 11.5 Å². The number of hydrogen-bond acceptors (Lipinski definition) is 5. The highest BCUT2D eigenvalue weighted by molar-refractivity contribution is 5.69. The van der Waals surface area contributed by atoms with Crippen LogP contribution in [0.3, 0.4) is 0 Å². The van der Waals surface area contributed by atoms with Gasteiger partial charge in [0.15, 0.2) is 5.82 Å². The fourth-order valence-corrected chi connectivity index (χ4v) is 1.44. The van der Waals surface area contributed by atoms with Gasteiger partial charge in [-0.1, -0.05) is 6.07 Å². The third-order valence-corrected chi connectivity index (χ3v) is 2.37. The Balaban J connectivity index is 2.25. The summed E-state index contributed by atoms with van der Waals surface area (Å²) in [6, 6.07) is 8.01. The predicted octanol–water partition coefficient (Wildman–Crippen LogP) is 1.87. The summed E-state index contributed by atoms with van der Waals surface area (Å²) < 4.78 is 0. The molecule has 5 heteroatoms. The summed E-state index contributed by atoms with van der Waals surface area (Å²) >= 11 is 0. The van der Waals surface area contributed by atoms with E-state index in [-0.39, 0.29) is 0 Å². The van der Waals surface area contributed by atoms with Gasteiger partial charge in [0.2, 0.25) is 0 Å². The SMILES string of the molecule is CN(C)c1cccc(Nc2ncncc2N)c1. The molecule has 2 rings (SSSR count). The van der Waals surface area contributed by atoms with Crippen LogP contribution in [0.4, 0.5) is 22.9 Å². The van der Waals surface area contributed by atoms with Crippen LogP contribution in [0.5, 0.6) is 0 Å². The van der Waals surface area contributed by atoms with Crippen molar-refractivity contribution in [2.75, 3.05) is 30.0 Å². The second-order valence-corrected chi connectivity index (χ2v) is 3.90. The highest BCUT2D eigenvalue weighted by atomic mass is 15.1. The number of nitrogens with one attached hydrogen (secondary N) is 1. The molecule has 0 aliphatic heterocycles. The average Bonchev–Trinajstić information content (AvgIpc) is 2.32. The van der Waals surface area contributed by atoms with Crippen LogP contribution in [0.15, 0.2) is 36.8 Å². The van der Waals surface area contributed by atoms with Crippen LogP contribution in [-0.2, 0) is 0 Å². The number of anilines is 4. The van der Waals surface area contributed by atoms with Gasteiger partial charge >= 0.3 is 0 Å². The van der Waals surface area contributed by atoms with Crippen molar-refractivity contribution in [3.8, 4) is 0 Å². The van der Waals surface area contributed by atoms with E-state index < -0.39 is 0 Å². The zero-order valence-corrected chi connectivity index (χ0v) is 9.88. The minimum Gasteiger partial charge on any atom is -0.394 e. The normalized spacial score (nSPS) is 10.0. The maximum atomic E-state index is 5.77. The van der Waals surface area contributed by atoms with Crippen molar-refractivity contribution in [2.24, 2.45) is 0 Å². The lowest BCUT2D eigenvalue weighted by Gasteiger charge is -2.14. The Kier molecular flexibility index (Phi) is 3.09. The molecule has 5 nitrogen and oxygen atoms in total. The molecule has 3 N–H and O–H groups in total. The molecule has 0 fully saturated rings. The second kappa shape index (κ2) is 4.69. The van der Waals surface area contributed by atoms with Crippen molar-refractivity contribution >= 4 is 22.9 Å². The quantitative estimate of drug-likeness (QED) is 0.841. The van der Waals surface area contributed by atoms with Gasteiger partial charge in [-0.05, 0) is 18.2 Å². The summed E-state index contributed by atoms with van der Waals surface area (Å²) in [5.74, 6) is 0.621. The van der Waals surface area contributed by atoms with Crippen molar-refractivity contribution in [3.05, 3.63) is 36.8 Å². The lowest BCUT2D eigenvalue weighted by atomic mass is 10.2. The Morgan fingerprint density at radius 2 is 2.12 bits per heavy atom. The van der Waals surface area contributed by atoms with E-state index >= 15 is 0 Å². The van der Waals surface area contributed by atoms with Crippen LogP contribution in [0, 0.1) is 0 Å². The van der Waals surface area contributed by atoms with E-state index in [1.807, 2.05) is 43.3 Å². The highest BCUT2D eigenvalue weighted by Gasteiger charge is 2.02. The standard InChI is InChI=1S/C12H15N5/c1-17(2)10-5-3-4-9(6-10)16-12-11(13)7-14-8-15-12/h3-8H,13H2,1-2H3,(H,14,15,16). The first-order chi connectivity index (χ1) is 8.16. The first-order valence-electron chi connectivity index (χ1n) is 5.26. The smallest absolute Gasteiger partial charge is 0.157 e. The number of benzene rings is 1. The fraction of sp³-hybridized carbons (Fsp3) is 0.167. The molecule has 0 spiro atoms. The van der Waals surface area contributed by atoms with Crippen molar-refractivity contribution < 1.29 is 0 Å². The fourth-order valence-electron chi connectivity index (χ4n) is 1.44.